The van der Waals surface area contributed by atoms with E-state index in [0.717, 1.165) is 17.9 Å². The Hall–Kier alpha value is -2.30. The van der Waals surface area contributed by atoms with E-state index in [9.17, 15) is 4.79 Å². The van der Waals surface area contributed by atoms with Gasteiger partial charge in [0.05, 0.1) is 5.69 Å². The molecule has 0 fully saturated rings. The lowest BCUT2D eigenvalue weighted by molar-refractivity contribution is 0.241. The number of urea groups is 1. The molecule has 2 aromatic rings. The van der Waals surface area contributed by atoms with E-state index in [4.69, 9.17) is 4.52 Å². The highest BCUT2D eigenvalue weighted by atomic mass is 16.5. The standard InChI is InChI=1S/C15H19N3O2/c1-12-11-14(20-18-12)8-10-17-15(19)16-9-7-13-5-3-2-4-6-13/h2-6,11H,7-10H2,1H3,(H2,16,17,19). The summed E-state index contributed by atoms with van der Waals surface area (Å²) in [7, 11) is 0. The molecular formula is C15H19N3O2. The van der Waals surface area contributed by atoms with Crippen molar-refractivity contribution in [3.8, 4) is 0 Å². The van der Waals surface area contributed by atoms with E-state index in [-0.39, 0.29) is 6.03 Å². The Bertz CT molecular complexity index is 537. The highest BCUT2D eigenvalue weighted by Crippen LogP contribution is 2.01. The van der Waals surface area contributed by atoms with Crippen LogP contribution in [0.3, 0.4) is 0 Å². The van der Waals surface area contributed by atoms with Crippen molar-refractivity contribution in [2.45, 2.75) is 19.8 Å². The molecule has 0 atom stereocenters. The van der Waals surface area contributed by atoms with Crippen LogP contribution in [0, 0.1) is 6.92 Å². The van der Waals surface area contributed by atoms with E-state index in [1.54, 1.807) is 0 Å². The molecule has 20 heavy (non-hydrogen) atoms. The van der Waals surface area contributed by atoms with E-state index < -0.39 is 0 Å². The van der Waals surface area contributed by atoms with Crippen LogP contribution in [0.25, 0.3) is 0 Å². The Balaban J connectivity index is 1.59. The quantitative estimate of drug-likeness (QED) is 0.846. The fraction of sp³-hybridized carbons (Fsp3) is 0.333. The van der Waals surface area contributed by atoms with Gasteiger partial charge < -0.3 is 15.2 Å². The van der Waals surface area contributed by atoms with Crippen LogP contribution in [0.15, 0.2) is 40.9 Å². The lowest BCUT2D eigenvalue weighted by atomic mass is 10.1. The minimum atomic E-state index is -0.155. The molecular weight excluding hydrogens is 254 g/mol. The minimum absolute atomic E-state index is 0.155. The van der Waals surface area contributed by atoms with Crippen molar-refractivity contribution in [1.82, 2.24) is 15.8 Å². The van der Waals surface area contributed by atoms with Gasteiger partial charge in [-0.15, -0.1) is 0 Å². The van der Waals surface area contributed by atoms with E-state index in [2.05, 4.69) is 15.8 Å². The Morgan fingerprint density at radius 1 is 1.15 bits per heavy atom. The molecule has 0 unspecified atom stereocenters. The van der Waals surface area contributed by atoms with E-state index in [1.807, 2.05) is 43.3 Å². The van der Waals surface area contributed by atoms with Gasteiger partial charge in [-0.25, -0.2) is 4.79 Å². The molecule has 5 heteroatoms. The monoisotopic (exact) mass is 273 g/mol. The van der Waals surface area contributed by atoms with Crippen molar-refractivity contribution >= 4 is 6.03 Å². The van der Waals surface area contributed by atoms with Crippen molar-refractivity contribution in [2.75, 3.05) is 13.1 Å². The maximum atomic E-state index is 11.6. The number of amides is 2. The maximum absolute atomic E-state index is 11.6. The summed E-state index contributed by atoms with van der Waals surface area (Å²) < 4.78 is 5.06. The number of benzene rings is 1. The molecule has 0 radical (unpaired) electrons. The molecule has 0 spiro atoms. The van der Waals surface area contributed by atoms with Crippen LogP contribution in [0.4, 0.5) is 4.79 Å². The van der Waals surface area contributed by atoms with Crippen molar-refractivity contribution in [3.63, 3.8) is 0 Å². The topological polar surface area (TPSA) is 67.2 Å². The van der Waals surface area contributed by atoms with Gasteiger partial charge in [-0.3, -0.25) is 0 Å². The Labute approximate surface area is 118 Å². The average molecular weight is 273 g/mol. The maximum Gasteiger partial charge on any atom is 0.314 e. The second-order valence-electron chi connectivity index (χ2n) is 4.60. The molecule has 0 saturated carbocycles. The van der Waals surface area contributed by atoms with Crippen molar-refractivity contribution in [3.05, 3.63) is 53.4 Å². The number of hydrogen-bond acceptors (Lipinski definition) is 3. The lowest BCUT2D eigenvalue weighted by Crippen LogP contribution is -2.37. The predicted molar refractivity (Wildman–Crippen MR) is 76.5 cm³/mol. The number of carbonyl (C=O) groups excluding carboxylic acids is 1. The molecule has 2 amide bonds. The summed E-state index contributed by atoms with van der Waals surface area (Å²) in [6.45, 7) is 3.03. The summed E-state index contributed by atoms with van der Waals surface area (Å²) in [5.74, 6) is 0.784. The third-order valence-corrected chi connectivity index (χ3v) is 2.88. The highest BCUT2D eigenvalue weighted by Gasteiger charge is 2.03. The fourth-order valence-corrected chi connectivity index (χ4v) is 1.86. The Morgan fingerprint density at radius 2 is 1.85 bits per heavy atom. The molecule has 0 aliphatic carbocycles. The van der Waals surface area contributed by atoms with Crippen LogP contribution in [0.1, 0.15) is 17.0 Å². The second kappa shape index (κ2) is 7.33. The van der Waals surface area contributed by atoms with Crippen molar-refractivity contribution in [1.29, 1.82) is 0 Å². The third kappa shape index (κ3) is 4.76. The zero-order chi connectivity index (χ0) is 14.2. The molecule has 2 N–H and O–H groups in total. The first kappa shape index (κ1) is 14.1. The van der Waals surface area contributed by atoms with Gasteiger partial charge in [0.25, 0.3) is 0 Å². The molecule has 1 aromatic carbocycles. The number of nitrogens with one attached hydrogen (secondary N) is 2. The van der Waals surface area contributed by atoms with Gasteiger partial charge in [0, 0.05) is 25.6 Å². The van der Waals surface area contributed by atoms with E-state index >= 15 is 0 Å². The van der Waals surface area contributed by atoms with Gasteiger partial charge in [-0.05, 0) is 18.9 Å². The van der Waals surface area contributed by atoms with Crippen LogP contribution in [-0.4, -0.2) is 24.3 Å². The Morgan fingerprint density at radius 3 is 2.50 bits per heavy atom. The number of carbonyl (C=O) groups is 1. The number of aromatic nitrogens is 1. The number of hydrogen-bond donors (Lipinski definition) is 2. The first-order valence-electron chi connectivity index (χ1n) is 6.72. The number of nitrogens with zero attached hydrogens (tertiary/aromatic N) is 1. The van der Waals surface area contributed by atoms with Gasteiger partial charge in [-0.1, -0.05) is 35.5 Å². The Kier molecular flexibility index (Phi) is 5.17. The molecule has 2 rings (SSSR count). The van der Waals surface area contributed by atoms with Crippen LogP contribution in [0.2, 0.25) is 0 Å². The van der Waals surface area contributed by atoms with Gasteiger partial charge >= 0.3 is 6.03 Å². The van der Waals surface area contributed by atoms with Crippen molar-refractivity contribution < 1.29 is 9.32 Å². The number of rotatable bonds is 6. The van der Waals surface area contributed by atoms with Crippen LogP contribution < -0.4 is 10.6 Å². The van der Waals surface area contributed by atoms with E-state index in [1.165, 1.54) is 5.56 Å². The summed E-state index contributed by atoms with van der Waals surface area (Å²) in [5, 5.41) is 9.41. The SMILES string of the molecule is Cc1cc(CCNC(=O)NCCc2ccccc2)on1. The summed E-state index contributed by atoms with van der Waals surface area (Å²) in [6.07, 6.45) is 1.47. The van der Waals surface area contributed by atoms with Gasteiger partial charge in [-0.2, -0.15) is 0 Å². The van der Waals surface area contributed by atoms with Gasteiger partial charge in [0.15, 0.2) is 0 Å². The first-order chi connectivity index (χ1) is 9.74. The summed E-state index contributed by atoms with van der Waals surface area (Å²) >= 11 is 0. The highest BCUT2D eigenvalue weighted by molar-refractivity contribution is 5.73. The largest absolute Gasteiger partial charge is 0.361 e. The fourth-order valence-electron chi connectivity index (χ4n) is 1.86. The molecule has 0 saturated heterocycles. The van der Waals surface area contributed by atoms with Crippen LogP contribution in [0.5, 0.6) is 0 Å². The van der Waals surface area contributed by atoms with Crippen LogP contribution in [-0.2, 0) is 12.8 Å². The number of aryl methyl sites for hydroxylation is 1. The summed E-state index contributed by atoms with van der Waals surface area (Å²) in [6, 6.07) is 11.8. The van der Waals surface area contributed by atoms with Gasteiger partial charge in [0.2, 0.25) is 0 Å². The molecule has 106 valence electrons. The predicted octanol–water partition coefficient (Wildman–Crippen LogP) is 2.07. The average Bonchev–Trinajstić information content (AvgIpc) is 2.86. The zero-order valence-electron chi connectivity index (χ0n) is 11.6. The normalized spacial score (nSPS) is 10.2. The zero-order valence-corrected chi connectivity index (χ0v) is 11.6. The molecule has 0 aliphatic heterocycles. The smallest absolute Gasteiger partial charge is 0.314 e. The van der Waals surface area contributed by atoms with Crippen LogP contribution >= 0.6 is 0 Å². The third-order valence-electron chi connectivity index (χ3n) is 2.88. The lowest BCUT2D eigenvalue weighted by Gasteiger charge is -2.06. The molecule has 1 aromatic heterocycles. The minimum Gasteiger partial charge on any atom is -0.361 e. The van der Waals surface area contributed by atoms with Gasteiger partial charge in [0.1, 0.15) is 5.76 Å². The molecule has 5 nitrogen and oxygen atoms in total. The summed E-state index contributed by atoms with van der Waals surface area (Å²) in [4.78, 5) is 11.6. The molecule has 1 heterocycles. The van der Waals surface area contributed by atoms with Crippen molar-refractivity contribution in [2.24, 2.45) is 0 Å². The molecule has 0 aliphatic rings. The second-order valence-corrected chi connectivity index (χ2v) is 4.60. The summed E-state index contributed by atoms with van der Waals surface area (Å²) in [5.41, 5.74) is 2.07. The molecule has 0 bridgehead atoms. The first-order valence-corrected chi connectivity index (χ1v) is 6.72. The van der Waals surface area contributed by atoms with E-state index in [0.29, 0.717) is 19.5 Å².